The molecular weight excluding hydrogens is 242 g/mol. The Hall–Kier alpha value is -0.810. The van der Waals surface area contributed by atoms with Crippen LogP contribution < -0.4 is 11.1 Å². The van der Waals surface area contributed by atoms with Crippen molar-refractivity contribution in [2.24, 2.45) is 17.6 Å². The lowest BCUT2D eigenvalue weighted by Crippen LogP contribution is -2.60. The summed E-state index contributed by atoms with van der Waals surface area (Å²) in [7, 11) is 0. The van der Waals surface area contributed by atoms with Gasteiger partial charge in [-0.05, 0) is 5.92 Å². The number of carbonyl (C=O) groups is 2. The van der Waals surface area contributed by atoms with Gasteiger partial charge in [-0.2, -0.15) is 0 Å². The van der Waals surface area contributed by atoms with Gasteiger partial charge in [0, 0.05) is 25.6 Å². The average Bonchev–Trinajstić information content (AvgIpc) is 2.26. The Bertz CT molecular complexity index is 284. The number of rotatable bonds is 3. The van der Waals surface area contributed by atoms with Gasteiger partial charge in [0.25, 0.3) is 0 Å². The molecule has 0 aromatic heterocycles. The zero-order valence-corrected chi connectivity index (χ0v) is 11.4. The first-order valence-corrected chi connectivity index (χ1v) is 5.77. The van der Waals surface area contributed by atoms with Crippen molar-refractivity contribution in [2.45, 2.75) is 26.8 Å². The second-order valence-electron chi connectivity index (χ2n) is 4.65. The Morgan fingerprint density at radius 2 is 2.12 bits per heavy atom. The van der Waals surface area contributed by atoms with Crippen molar-refractivity contribution in [3.8, 4) is 0 Å². The van der Waals surface area contributed by atoms with Gasteiger partial charge < -0.3 is 16.0 Å². The second-order valence-corrected chi connectivity index (χ2v) is 4.65. The van der Waals surface area contributed by atoms with Crippen molar-refractivity contribution in [2.75, 3.05) is 19.6 Å². The minimum atomic E-state index is -0.352. The van der Waals surface area contributed by atoms with E-state index in [0.29, 0.717) is 19.6 Å². The van der Waals surface area contributed by atoms with Gasteiger partial charge in [0.15, 0.2) is 0 Å². The molecule has 17 heavy (non-hydrogen) atoms. The molecule has 2 unspecified atom stereocenters. The summed E-state index contributed by atoms with van der Waals surface area (Å²) in [5.41, 5.74) is 5.49. The molecule has 3 N–H and O–H groups in total. The molecule has 100 valence electrons. The molecule has 5 nitrogen and oxygen atoms in total. The molecule has 0 radical (unpaired) electrons. The van der Waals surface area contributed by atoms with E-state index >= 15 is 0 Å². The Labute approximate surface area is 109 Å². The van der Waals surface area contributed by atoms with Crippen LogP contribution in [0.3, 0.4) is 0 Å². The Kier molecular flexibility index (Phi) is 6.49. The lowest BCUT2D eigenvalue weighted by molar-refractivity contribution is -0.147. The standard InChI is InChI=1S/C11H21N3O2.ClH/c1-7(2)9-10(15)13-4-5-14(9)11(16)8(3)6-12;/h7-9H,4-6,12H2,1-3H3,(H,13,15);1H. The first-order chi connectivity index (χ1) is 7.49. The number of amides is 2. The molecule has 1 aliphatic heterocycles. The van der Waals surface area contributed by atoms with E-state index in [1.807, 2.05) is 13.8 Å². The molecule has 0 aliphatic carbocycles. The largest absolute Gasteiger partial charge is 0.353 e. The predicted octanol–water partition coefficient (Wildman–Crippen LogP) is -0.0140. The number of hydrogen-bond donors (Lipinski definition) is 2. The summed E-state index contributed by atoms with van der Waals surface area (Å²) in [6.45, 7) is 7.13. The van der Waals surface area contributed by atoms with Crippen LogP contribution in [0.4, 0.5) is 0 Å². The third-order valence-corrected chi connectivity index (χ3v) is 2.95. The monoisotopic (exact) mass is 263 g/mol. The van der Waals surface area contributed by atoms with E-state index < -0.39 is 0 Å². The summed E-state index contributed by atoms with van der Waals surface area (Å²) in [6, 6.07) is -0.352. The maximum absolute atomic E-state index is 12.1. The molecule has 1 aliphatic rings. The topological polar surface area (TPSA) is 75.4 Å². The number of hydrogen-bond acceptors (Lipinski definition) is 3. The van der Waals surface area contributed by atoms with Crippen LogP contribution in [0, 0.1) is 11.8 Å². The third kappa shape index (κ3) is 3.57. The minimum Gasteiger partial charge on any atom is -0.353 e. The molecular formula is C11H22ClN3O2. The molecule has 1 heterocycles. The van der Waals surface area contributed by atoms with Crippen LogP contribution in [0.15, 0.2) is 0 Å². The third-order valence-electron chi connectivity index (χ3n) is 2.95. The molecule has 0 saturated carbocycles. The van der Waals surface area contributed by atoms with Gasteiger partial charge in [-0.1, -0.05) is 20.8 Å². The van der Waals surface area contributed by atoms with Gasteiger partial charge in [-0.3, -0.25) is 9.59 Å². The van der Waals surface area contributed by atoms with E-state index in [9.17, 15) is 9.59 Å². The summed E-state index contributed by atoms with van der Waals surface area (Å²) < 4.78 is 0. The summed E-state index contributed by atoms with van der Waals surface area (Å²) in [6.07, 6.45) is 0. The first-order valence-electron chi connectivity index (χ1n) is 5.77. The Morgan fingerprint density at radius 3 is 2.59 bits per heavy atom. The quantitative estimate of drug-likeness (QED) is 0.752. The highest BCUT2D eigenvalue weighted by Crippen LogP contribution is 2.16. The van der Waals surface area contributed by atoms with Crippen LogP contribution in [0.1, 0.15) is 20.8 Å². The lowest BCUT2D eigenvalue weighted by Gasteiger charge is -2.38. The first kappa shape index (κ1) is 16.2. The van der Waals surface area contributed by atoms with Crippen molar-refractivity contribution in [3.05, 3.63) is 0 Å². The second kappa shape index (κ2) is 6.81. The number of nitrogens with one attached hydrogen (secondary N) is 1. The zero-order chi connectivity index (χ0) is 12.3. The molecule has 2 atom stereocenters. The molecule has 1 fully saturated rings. The lowest BCUT2D eigenvalue weighted by atomic mass is 9.97. The van der Waals surface area contributed by atoms with Gasteiger partial charge in [0.1, 0.15) is 6.04 Å². The number of nitrogens with two attached hydrogens (primary N) is 1. The summed E-state index contributed by atoms with van der Waals surface area (Å²) >= 11 is 0. The van der Waals surface area contributed by atoms with E-state index in [-0.39, 0.29) is 42.1 Å². The van der Waals surface area contributed by atoms with Gasteiger partial charge >= 0.3 is 0 Å². The highest BCUT2D eigenvalue weighted by atomic mass is 35.5. The van der Waals surface area contributed by atoms with E-state index in [0.717, 1.165) is 0 Å². The molecule has 0 aromatic carbocycles. The maximum atomic E-state index is 12.1. The highest BCUT2D eigenvalue weighted by Gasteiger charge is 2.36. The van der Waals surface area contributed by atoms with Crippen molar-refractivity contribution < 1.29 is 9.59 Å². The molecule has 1 rings (SSSR count). The maximum Gasteiger partial charge on any atom is 0.243 e. The predicted molar refractivity (Wildman–Crippen MR) is 68.8 cm³/mol. The van der Waals surface area contributed by atoms with Crippen molar-refractivity contribution in [1.82, 2.24) is 10.2 Å². The highest BCUT2D eigenvalue weighted by molar-refractivity contribution is 5.89. The molecule has 0 spiro atoms. The molecule has 0 bridgehead atoms. The number of halogens is 1. The van der Waals surface area contributed by atoms with Crippen molar-refractivity contribution in [1.29, 1.82) is 0 Å². The Morgan fingerprint density at radius 1 is 1.53 bits per heavy atom. The fourth-order valence-electron chi connectivity index (χ4n) is 1.98. The zero-order valence-electron chi connectivity index (χ0n) is 10.6. The smallest absolute Gasteiger partial charge is 0.243 e. The molecule has 6 heteroatoms. The molecule has 0 aromatic rings. The summed E-state index contributed by atoms with van der Waals surface area (Å²) in [5.74, 6) is -0.170. The fraction of sp³-hybridized carbons (Fsp3) is 0.818. The average molecular weight is 264 g/mol. The van der Waals surface area contributed by atoms with E-state index in [4.69, 9.17) is 5.73 Å². The van der Waals surface area contributed by atoms with Crippen LogP contribution >= 0.6 is 12.4 Å². The van der Waals surface area contributed by atoms with Crippen molar-refractivity contribution >= 4 is 24.2 Å². The number of piperazine rings is 1. The minimum absolute atomic E-state index is 0. The fourth-order valence-corrected chi connectivity index (χ4v) is 1.98. The summed E-state index contributed by atoms with van der Waals surface area (Å²) in [4.78, 5) is 25.4. The van der Waals surface area contributed by atoms with E-state index in [1.54, 1.807) is 11.8 Å². The number of nitrogens with zero attached hydrogens (tertiary/aromatic N) is 1. The van der Waals surface area contributed by atoms with Crippen LogP contribution in [0.5, 0.6) is 0 Å². The normalized spacial score (nSPS) is 21.8. The van der Waals surface area contributed by atoms with Crippen molar-refractivity contribution in [3.63, 3.8) is 0 Å². The molecule has 1 saturated heterocycles. The molecule has 2 amide bonds. The van der Waals surface area contributed by atoms with E-state index in [2.05, 4.69) is 5.32 Å². The summed E-state index contributed by atoms with van der Waals surface area (Å²) in [5, 5.41) is 2.79. The Balaban J connectivity index is 0.00000256. The van der Waals surface area contributed by atoms with Gasteiger partial charge in [0.05, 0.1) is 0 Å². The van der Waals surface area contributed by atoms with E-state index in [1.165, 1.54) is 0 Å². The van der Waals surface area contributed by atoms with Crippen LogP contribution in [0.2, 0.25) is 0 Å². The SMILES string of the molecule is CC(CN)C(=O)N1CCNC(=O)C1C(C)C.Cl. The van der Waals surface area contributed by atoms with Gasteiger partial charge in [0.2, 0.25) is 11.8 Å². The number of carbonyl (C=O) groups excluding carboxylic acids is 2. The van der Waals surface area contributed by atoms with Crippen LogP contribution in [-0.2, 0) is 9.59 Å². The van der Waals surface area contributed by atoms with Gasteiger partial charge in [-0.25, -0.2) is 0 Å². The van der Waals surface area contributed by atoms with Crippen LogP contribution in [0.25, 0.3) is 0 Å². The van der Waals surface area contributed by atoms with Crippen LogP contribution in [-0.4, -0.2) is 42.4 Å². The van der Waals surface area contributed by atoms with Gasteiger partial charge in [-0.15, -0.1) is 12.4 Å².